The molecule has 6 nitrogen and oxygen atoms in total. The van der Waals surface area contributed by atoms with Gasteiger partial charge in [-0.15, -0.1) is 21.5 Å². The second kappa shape index (κ2) is 7.77. The van der Waals surface area contributed by atoms with Gasteiger partial charge in [-0.3, -0.25) is 4.79 Å². The number of fused-ring (bicyclic) bond motifs is 1. The van der Waals surface area contributed by atoms with Gasteiger partial charge in [0.2, 0.25) is 0 Å². The number of rotatable bonds is 3. The Bertz CT molecular complexity index is 1200. The summed E-state index contributed by atoms with van der Waals surface area (Å²) >= 11 is 5.10. The summed E-state index contributed by atoms with van der Waals surface area (Å²) in [6.45, 7) is 3.23. The second-order valence-corrected chi connectivity index (χ2v) is 8.87. The van der Waals surface area contributed by atoms with Crippen LogP contribution in [0.5, 0.6) is 0 Å². The van der Waals surface area contributed by atoms with Gasteiger partial charge in [0.05, 0.1) is 6.04 Å². The number of benzene rings is 1. The molecular formula is C22H18BrN5OS. The summed E-state index contributed by atoms with van der Waals surface area (Å²) in [6.07, 6.45) is 0. The Morgan fingerprint density at radius 3 is 2.63 bits per heavy atom. The van der Waals surface area contributed by atoms with Gasteiger partial charge >= 0.3 is 0 Å². The summed E-state index contributed by atoms with van der Waals surface area (Å²) in [5.74, 6) is 1.52. The molecule has 0 spiro atoms. The molecule has 1 aliphatic rings. The van der Waals surface area contributed by atoms with Gasteiger partial charge in [-0.2, -0.15) is 0 Å². The van der Waals surface area contributed by atoms with Crippen molar-refractivity contribution in [2.24, 2.45) is 0 Å². The lowest BCUT2D eigenvalue weighted by Crippen LogP contribution is -2.41. The van der Waals surface area contributed by atoms with Crippen LogP contribution in [0.3, 0.4) is 0 Å². The average Bonchev–Trinajstić information content (AvgIpc) is 3.44. The predicted octanol–water partition coefficient (Wildman–Crippen LogP) is 5.05. The summed E-state index contributed by atoms with van der Waals surface area (Å²) in [5.41, 5.74) is 2.57. The molecule has 0 N–H and O–H groups in total. The lowest BCUT2D eigenvalue weighted by molar-refractivity contribution is 0.0638. The SMILES string of the molecule is CC1c2nnc(-c3cccc(Br)n3)n2CCN1C(=O)c1ccc(-c2cccs2)cc1. The lowest BCUT2D eigenvalue weighted by atomic mass is 10.1. The number of thiophene rings is 1. The van der Waals surface area contributed by atoms with Crippen molar-refractivity contribution >= 4 is 33.2 Å². The van der Waals surface area contributed by atoms with Gasteiger partial charge in [0, 0.05) is 23.5 Å². The third-order valence-corrected chi connectivity index (χ3v) is 6.69. The summed E-state index contributed by atoms with van der Waals surface area (Å²) < 4.78 is 2.81. The molecule has 30 heavy (non-hydrogen) atoms. The van der Waals surface area contributed by atoms with Crippen LogP contribution in [0, 0.1) is 0 Å². The van der Waals surface area contributed by atoms with E-state index in [1.54, 1.807) is 11.3 Å². The first-order valence-corrected chi connectivity index (χ1v) is 11.3. The van der Waals surface area contributed by atoms with E-state index in [2.05, 4.69) is 47.1 Å². The van der Waals surface area contributed by atoms with Gasteiger partial charge in [-0.05, 0) is 64.1 Å². The molecule has 3 aromatic heterocycles. The van der Waals surface area contributed by atoms with E-state index in [9.17, 15) is 4.79 Å². The molecule has 1 amide bonds. The zero-order valence-corrected chi connectivity index (χ0v) is 18.6. The minimum atomic E-state index is -0.170. The second-order valence-electron chi connectivity index (χ2n) is 7.11. The Hall–Kier alpha value is -2.84. The molecule has 150 valence electrons. The Morgan fingerprint density at radius 2 is 1.90 bits per heavy atom. The Balaban J connectivity index is 1.40. The highest BCUT2D eigenvalue weighted by Gasteiger charge is 2.32. The van der Waals surface area contributed by atoms with Crippen molar-refractivity contribution in [3.8, 4) is 22.0 Å². The molecule has 1 atom stereocenters. The molecule has 1 aliphatic heterocycles. The molecule has 0 bridgehead atoms. The molecule has 0 fully saturated rings. The first kappa shape index (κ1) is 19.1. The van der Waals surface area contributed by atoms with Crippen molar-refractivity contribution in [2.45, 2.75) is 19.5 Å². The highest BCUT2D eigenvalue weighted by Crippen LogP contribution is 2.30. The fourth-order valence-corrected chi connectivity index (χ4v) is 4.85. The topological polar surface area (TPSA) is 63.9 Å². The lowest BCUT2D eigenvalue weighted by Gasteiger charge is -2.33. The minimum Gasteiger partial charge on any atom is -0.327 e. The van der Waals surface area contributed by atoms with E-state index in [0.29, 0.717) is 18.7 Å². The molecular weight excluding hydrogens is 462 g/mol. The summed E-state index contributed by atoms with van der Waals surface area (Å²) in [7, 11) is 0. The van der Waals surface area contributed by atoms with Crippen LogP contribution in [0.2, 0.25) is 0 Å². The normalized spacial score (nSPS) is 15.8. The van der Waals surface area contributed by atoms with E-state index in [4.69, 9.17) is 0 Å². The molecule has 0 aliphatic carbocycles. The van der Waals surface area contributed by atoms with Gasteiger partial charge in [0.15, 0.2) is 11.6 Å². The van der Waals surface area contributed by atoms with Crippen LogP contribution in [-0.4, -0.2) is 37.1 Å². The molecule has 8 heteroatoms. The van der Waals surface area contributed by atoms with Crippen LogP contribution in [0.1, 0.15) is 29.1 Å². The number of halogens is 1. The zero-order chi connectivity index (χ0) is 20.7. The van der Waals surface area contributed by atoms with Crippen molar-refractivity contribution in [2.75, 3.05) is 6.54 Å². The fraction of sp³-hybridized carbons (Fsp3) is 0.182. The Kier molecular flexibility index (Phi) is 4.96. The standard InChI is InChI=1S/C22H18BrN5OS/c1-14-20-25-26-21(17-4-2-6-19(23)24-17)28(20)12-11-27(14)22(29)16-9-7-15(8-10-16)18-5-3-13-30-18/h2-10,13-14H,11-12H2,1H3. The molecule has 1 aromatic carbocycles. The number of hydrogen-bond donors (Lipinski definition) is 0. The predicted molar refractivity (Wildman–Crippen MR) is 120 cm³/mol. The molecule has 0 saturated heterocycles. The first-order chi connectivity index (χ1) is 14.6. The van der Waals surface area contributed by atoms with Crippen LogP contribution in [0.25, 0.3) is 22.0 Å². The third-order valence-electron chi connectivity index (χ3n) is 5.33. The number of carbonyl (C=O) groups excluding carboxylic acids is 1. The number of carbonyl (C=O) groups is 1. The van der Waals surface area contributed by atoms with E-state index >= 15 is 0 Å². The number of hydrogen-bond acceptors (Lipinski definition) is 5. The van der Waals surface area contributed by atoms with Crippen molar-refractivity contribution in [1.29, 1.82) is 0 Å². The maximum atomic E-state index is 13.2. The molecule has 0 saturated carbocycles. The summed E-state index contributed by atoms with van der Waals surface area (Å²) in [4.78, 5) is 20.7. The Labute approximate surface area is 186 Å². The van der Waals surface area contributed by atoms with Gasteiger partial charge < -0.3 is 9.47 Å². The zero-order valence-electron chi connectivity index (χ0n) is 16.2. The van der Waals surface area contributed by atoms with E-state index in [1.807, 2.05) is 60.4 Å². The largest absolute Gasteiger partial charge is 0.327 e. The van der Waals surface area contributed by atoms with Crippen molar-refractivity contribution in [3.05, 3.63) is 76.0 Å². The number of amides is 1. The third kappa shape index (κ3) is 3.36. The maximum absolute atomic E-state index is 13.2. The van der Waals surface area contributed by atoms with E-state index in [1.165, 1.54) is 4.88 Å². The summed E-state index contributed by atoms with van der Waals surface area (Å²) in [5, 5.41) is 10.8. The van der Waals surface area contributed by atoms with Crippen molar-refractivity contribution < 1.29 is 4.79 Å². The number of aromatic nitrogens is 4. The molecule has 4 heterocycles. The smallest absolute Gasteiger partial charge is 0.254 e. The van der Waals surface area contributed by atoms with Gasteiger partial charge in [0.1, 0.15) is 10.3 Å². The van der Waals surface area contributed by atoms with Crippen LogP contribution in [0.15, 0.2) is 64.6 Å². The van der Waals surface area contributed by atoms with E-state index in [-0.39, 0.29) is 11.9 Å². The van der Waals surface area contributed by atoms with Crippen LogP contribution in [-0.2, 0) is 6.54 Å². The number of pyridine rings is 1. The van der Waals surface area contributed by atoms with E-state index in [0.717, 1.165) is 27.5 Å². The van der Waals surface area contributed by atoms with Gasteiger partial charge in [0.25, 0.3) is 5.91 Å². The number of nitrogens with zero attached hydrogens (tertiary/aromatic N) is 5. The molecule has 1 unspecified atom stereocenters. The average molecular weight is 480 g/mol. The maximum Gasteiger partial charge on any atom is 0.254 e. The Morgan fingerprint density at radius 1 is 1.07 bits per heavy atom. The quantitative estimate of drug-likeness (QED) is 0.385. The molecule has 4 aromatic rings. The monoisotopic (exact) mass is 479 g/mol. The fourth-order valence-electron chi connectivity index (χ4n) is 3.77. The van der Waals surface area contributed by atoms with Crippen LogP contribution < -0.4 is 0 Å². The summed E-state index contributed by atoms with van der Waals surface area (Å²) in [6, 6.07) is 17.5. The minimum absolute atomic E-state index is 0.0108. The molecule has 0 radical (unpaired) electrons. The van der Waals surface area contributed by atoms with Gasteiger partial charge in [-0.1, -0.05) is 24.3 Å². The van der Waals surface area contributed by atoms with Crippen molar-refractivity contribution in [3.63, 3.8) is 0 Å². The van der Waals surface area contributed by atoms with Crippen molar-refractivity contribution in [1.82, 2.24) is 24.6 Å². The molecule has 5 rings (SSSR count). The first-order valence-electron chi connectivity index (χ1n) is 9.63. The van der Waals surface area contributed by atoms with E-state index < -0.39 is 0 Å². The highest BCUT2D eigenvalue weighted by molar-refractivity contribution is 9.10. The highest BCUT2D eigenvalue weighted by atomic mass is 79.9. The van der Waals surface area contributed by atoms with Crippen LogP contribution in [0.4, 0.5) is 0 Å². The van der Waals surface area contributed by atoms with Gasteiger partial charge in [-0.25, -0.2) is 4.98 Å². The van der Waals surface area contributed by atoms with Crippen LogP contribution >= 0.6 is 27.3 Å².